The van der Waals surface area contributed by atoms with Crippen LogP contribution in [0.25, 0.3) is 16.9 Å². The number of hydrogen-bond acceptors (Lipinski definition) is 4. The first-order valence-corrected chi connectivity index (χ1v) is 8.24. The maximum Gasteiger partial charge on any atom is 0.255 e. The van der Waals surface area contributed by atoms with Crippen LogP contribution in [0.3, 0.4) is 0 Å². The molecule has 0 atom stereocenters. The second-order valence-electron chi connectivity index (χ2n) is 5.84. The molecule has 3 heterocycles. The fourth-order valence-corrected chi connectivity index (χ4v) is 3.43. The Labute approximate surface area is 146 Å². The van der Waals surface area contributed by atoms with Crippen molar-refractivity contribution in [2.24, 2.45) is 0 Å². The van der Waals surface area contributed by atoms with Crippen molar-refractivity contribution in [3.63, 3.8) is 0 Å². The molecule has 5 nitrogen and oxygen atoms in total. The van der Waals surface area contributed by atoms with E-state index < -0.39 is 23.0 Å². The van der Waals surface area contributed by atoms with Crippen molar-refractivity contribution in [1.82, 2.24) is 19.6 Å². The fraction of sp³-hybridized carbons (Fsp3) is 0.312. The zero-order valence-electron chi connectivity index (χ0n) is 13.0. The zero-order chi connectivity index (χ0) is 17.6. The number of hydrogen-bond donors (Lipinski definition) is 0. The molecule has 0 amide bonds. The second-order valence-corrected chi connectivity index (χ2v) is 6.20. The Bertz CT molecular complexity index is 953. The summed E-state index contributed by atoms with van der Waals surface area (Å²) in [7, 11) is 0. The maximum absolute atomic E-state index is 14.4. The van der Waals surface area contributed by atoms with E-state index in [1.807, 2.05) is 4.90 Å². The SMILES string of the molecule is Fc1ccc(F)c(-c2c(Cl)nc3ncnn3c2N2CCCCC2)c1F. The summed E-state index contributed by atoms with van der Waals surface area (Å²) in [5.74, 6) is -2.79. The molecule has 25 heavy (non-hydrogen) atoms. The summed E-state index contributed by atoms with van der Waals surface area (Å²) >= 11 is 6.24. The third kappa shape index (κ3) is 2.60. The van der Waals surface area contributed by atoms with Crippen LogP contribution in [0.1, 0.15) is 19.3 Å². The van der Waals surface area contributed by atoms with Crippen molar-refractivity contribution in [2.75, 3.05) is 18.0 Å². The van der Waals surface area contributed by atoms with E-state index in [-0.39, 0.29) is 16.5 Å². The van der Waals surface area contributed by atoms with Gasteiger partial charge in [0.1, 0.15) is 23.1 Å². The molecular weight excluding hydrogens is 355 g/mol. The van der Waals surface area contributed by atoms with Crippen LogP contribution >= 0.6 is 11.6 Å². The van der Waals surface area contributed by atoms with Gasteiger partial charge in [0.05, 0.1) is 11.1 Å². The van der Waals surface area contributed by atoms with Crippen LogP contribution in [0.5, 0.6) is 0 Å². The lowest BCUT2D eigenvalue weighted by Crippen LogP contribution is -2.32. The summed E-state index contributed by atoms with van der Waals surface area (Å²) in [5.41, 5.74) is -0.563. The second kappa shape index (κ2) is 6.18. The highest BCUT2D eigenvalue weighted by Gasteiger charge is 2.28. The number of piperidine rings is 1. The fourth-order valence-electron chi connectivity index (χ4n) is 3.17. The van der Waals surface area contributed by atoms with Gasteiger partial charge in [0.25, 0.3) is 5.78 Å². The third-order valence-electron chi connectivity index (χ3n) is 4.31. The van der Waals surface area contributed by atoms with E-state index in [9.17, 15) is 13.2 Å². The number of benzene rings is 1. The number of rotatable bonds is 2. The number of halogens is 4. The average molecular weight is 368 g/mol. The van der Waals surface area contributed by atoms with Gasteiger partial charge in [-0.25, -0.2) is 13.2 Å². The van der Waals surface area contributed by atoms with E-state index in [1.165, 1.54) is 10.8 Å². The highest BCUT2D eigenvalue weighted by Crippen LogP contribution is 2.40. The van der Waals surface area contributed by atoms with Gasteiger partial charge < -0.3 is 4.90 Å². The van der Waals surface area contributed by atoms with Crippen LogP contribution < -0.4 is 4.90 Å². The van der Waals surface area contributed by atoms with Gasteiger partial charge in [0.2, 0.25) is 0 Å². The summed E-state index contributed by atoms with van der Waals surface area (Å²) in [6.07, 6.45) is 4.19. The van der Waals surface area contributed by atoms with Crippen molar-refractivity contribution in [3.8, 4) is 11.1 Å². The van der Waals surface area contributed by atoms with E-state index in [2.05, 4.69) is 15.1 Å². The van der Waals surface area contributed by atoms with Crippen molar-refractivity contribution >= 4 is 23.2 Å². The largest absolute Gasteiger partial charge is 0.356 e. The first-order chi connectivity index (χ1) is 12.1. The van der Waals surface area contributed by atoms with Gasteiger partial charge in [-0.3, -0.25) is 0 Å². The Morgan fingerprint density at radius 2 is 1.68 bits per heavy atom. The minimum atomic E-state index is -1.30. The molecule has 0 unspecified atom stereocenters. The summed E-state index contributed by atoms with van der Waals surface area (Å²) in [6, 6.07) is 1.61. The first kappa shape index (κ1) is 16.1. The normalized spacial score (nSPS) is 15.1. The average Bonchev–Trinajstić information content (AvgIpc) is 3.07. The van der Waals surface area contributed by atoms with Crippen LogP contribution in [0.15, 0.2) is 18.5 Å². The highest BCUT2D eigenvalue weighted by molar-refractivity contribution is 6.33. The summed E-state index contributed by atoms with van der Waals surface area (Å²) in [6.45, 7) is 1.34. The van der Waals surface area contributed by atoms with Crippen molar-refractivity contribution < 1.29 is 13.2 Å². The number of fused-ring (bicyclic) bond motifs is 1. The van der Waals surface area contributed by atoms with Gasteiger partial charge in [0, 0.05) is 13.1 Å². The molecule has 1 aliphatic rings. The van der Waals surface area contributed by atoms with Crippen LogP contribution in [-0.2, 0) is 0 Å². The lowest BCUT2D eigenvalue weighted by atomic mass is 10.0. The molecule has 0 aliphatic carbocycles. The topological polar surface area (TPSA) is 46.3 Å². The minimum Gasteiger partial charge on any atom is -0.356 e. The lowest BCUT2D eigenvalue weighted by molar-refractivity contribution is 0.498. The van der Waals surface area contributed by atoms with Gasteiger partial charge in [-0.05, 0) is 31.4 Å². The van der Waals surface area contributed by atoms with E-state index >= 15 is 0 Å². The molecular formula is C16H13ClF3N5. The molecule has 0 bridgehead atoms. The van der Waals surface area contributed by atoms with Crippen LogP contribution in [0.4, 0.5) is 19.0 Å². The van der Waals surface area contributed by atoms with Crippen molar-refractivity contribution in [3.05, 3.63) is 41.1 Å². The number of anilines is 1. The van der Waals surface area contributed by atoms with Crippen LogP contribution in [-0.4, -0.2) is 32.7 Å². The Morgan fingerprint density at radius 3 is 2.44 bits per heavy atom. The summed E-state index contributed by atoms with van der Waals surface area (Å²) in [5, 5.41) is 3.96. The third-order valence-corrected chi connectivity index (χ3v) is 4.58. The molecule has 130 valence electrons. The van der Waals surface area contributed by atoms with Crippen LogP contribution in [0, 0.1) is 17.5 Å². The zero-order valence-corrected chi connectivity index (χ0v) is 13.8. The van der Waals surface area contributed by atoms with Gasteiger partial charge in [-0.15, -0.1) is 0 Å². The highest BCUT2D eigenvalue weighted by atomic mass is 35.5. The molecule has 0 N–H and O–H groups in total. The molecule has 2 aromatic heterocycles. The Hall–Kier alpha value is -2.35. The minimum absolute atomic E-state index is 0.0175. The van der Waals surface area contributed by atoms with Crippen LogP contribution in [0.2, 0.25) is 5.15 Å². The molecule has 1 aliphatic heterocycles. The molecule has 4 rings (SSSR count). The van der Waals surface area contributed by atoms with Crippen molar-refractivity contribution in [2.45, 2.75) is 19.3 Å². The van der Waals surface area contributed by atoms with Gasteiger partial charge in [0.15, 0.2) is 11.6 Å². The smallest absolute Gasteiger partial charge is 0.255 e. The Balaban J connectivity index is 2.07. The molecule has 1 saturated heterocycles. The molecule has 0 spiro atoms. The van der Waals surface area contributed by atoms with Gasteiger partial charge in [-0.1, -0.05) is 11.6 Å². The summed E-state index contributed by atoms with van der Waals surface area (Å²) < 4.78 is 44.0. The predicted octanol–water partition coefficient (Wildman–Crippen LogP) is 3.85. The molecule has 0 saturated carbocycles. The monoisotopic (exact) mass is 367 g/mol. The standard InChI is InChI=1S/C16H13ClF3N5/c17-14-12(11-9(18)4-5-10(19)13(11)20)15(24-6-2-1-3-7-24)25-16(23-14)21-8-22-25/h4-5,8H,1-3,6-7H2. The number of aromatic nitrogens is 4. The summed E-state index contributed by atoms with van der Waals surface area (Å²) in [4.78, 5) is 9.98. The van der Waals surface area contributed by atoms with E-state index in [0.29, 0.717) is 18.9 Å². The Morgan fingerprint density at radius 1 is 0.960 bits per heavy atom. The Kier molecular flexibility index (Phi) is 3.99. The molecule has 1 fully saturated rings. The molecule has 1 aromatic carbocycles. The van der Waals surface area contributed by atoms with Crippen molar-refractivity contribution in [1.29, 1.82) is 0 Å². The lowest BCUT2D eigenvalue weighted by Gasteiger charge is -2.30. The van der Waals surface area contributed by atoms with E-state index in [1.54, 1.807) is 0 Å². The predicted molar refractivity (Wildman–Crippen MR) is 87.2 cm³/mol. The number of nitrogens with zero attached hydrogens (tertiary/aromatic N) is 5. The molecule has 3 aromatic rings. The quantitative estimate of drug-likeness (QED) is 0.510. The molecule has 9 heteroatoms. The van der Waals surface area contributed by atoms with E-state index in [4.69, 9.17) is 11.6 Å². The molecule has 0 radical (unpaired) electrons. The van der Waals surface area contributed by atoms with Gasteiger partial charge in [-0.2, -0.15) is 19.6 Å². The van der Waals surface area contributed by atoms with Gasteiger partial charge >= 0.3 is 0 Å². The first-order valence-electron chi connectivity index (χ1n) is 7.86. The maximum atomic E-state index is 14.4. The van der Waals surface area contributed by atoms with E-state index in [0.717, 1.165) is 31.4 Å².